The van der Waals surface area contributed by atoms with Crippen molar-refractivity contribution in [2.45, 2.75) is 179 Å². The van der Waals surface area contributed by atoms with Crippen molar-refractivity contribution in [3.63, 3.8) is 0 Å². The van der Waals surface area contributed by atoms with Crippen LogP contribution >= 0.6 is 0 Å². The summed E-state index contributed by atoms with van der Waals surface area (Å²) in [5.41, 5.74) is -4.23. The van der Waals surface area contributed by atoms with Crippen LogP contribution in [0.4, 0.5) is 0 Å². The second-order valence-electron chi connectivity index (χ2n) is 16.5. The Bertz CT molecular complexity index is 1130. The number of methoxy groups -OCH3 is 1. The molecule has 3 aliphatic rings. The number of ketones is 1. The number of cyclic esters (lactones) is 1. The van der Waals surface area contributed by atoms with E-state index in [2.05, 4.69) is 0 Å². The van der Waals surface area contributed by atoms with Crippen LogP contribution < -0.4 is 0 Å². The number of rotatable bonds is 7. The number of carbonyl (C=O) groups excluding carboxylic acids is 2. The van der Waals surface area contributed by atoms with Gasteiger partial charge >= 0.3 is 5.97 Å². The van der Waals surface area contributed by atoms with Crippen molar-refractivity contribution in [3.8, 4) is 0 Å². The van der Waals surface area contributed by atoms with Crippen molar-refractivity contribution in [1.29, 1.82) is 0 Å². The third-order valence-electron chi connectivity index (χ3n) is 11.5. The maximum absolute atomic E-state index is 14.0. The van der Waals surface area contributed by atoms with Gasteiger partial charge in [0.1, 0.15) is 24.1 Å². The van der Waals surface area contributed by atoms with Crippen LogP contribution in [0.1, 0.15) is 101 Å². The highest BCUT2D eigenvalue weighted by atomic mass is 16.7. The molecule has 0 saturated carbocycles. The van der Waals surface area contributed by atoms with Crippen molar-refractivity contribution >= 4 is 11.8 Å². The van der Waals surface area contributed by atoms with Gasteiger partial charge in [-0.05, 0) is 81.3 Å². The smallest absolute Gasteiger partial charge is 0.311 e. The normalized spacial score (nSPS) is 49.0. The zero-order chi connectivity index (χ0) is 38.1. The van der Waals surface area contributed by atoms with Crippen LogP contribution in [0.5, 0.6) is 0 Å². The van der Waals surface area contributed by atoms with Gasteiger partial charge in [-0.2, -0.15) is 0 Å². The van der Waals surface area contributed by atoms with E-state index in [1.54, 1.807) is 62.3 Å². The van der Waals surface area contributed by atoms with Gasteiger partial charge in [0.25, 0.3) is 0 Å². The Labute approximate surface area is 299 Å². The number of hydrogen-bond acceptors (Lipinski definition) is 13. The van der Waals surface area contributed by atoms with E-state index in [1.165, 1.54) is 7.11 Å². The Kier molecular flexibility index (Phi) is 14.5. The molecule has 17 atom stereocenters. The average Bonchev–Trinajstić information content (AvgIpc) is 3.02. The number of aliphatic hydroxyl groups excluding tert-OH is 2. The maximum atomic E-state index is 14.0. The fraction of sp³-hybridized carbons (Fsp3) is 0.946. The number of nitrogens with zero attached hydrogens (tertiary/aromatic N) is 1. The molecule has 0 amide bonds. The highest BCUT2D eigenvalue weighted by molar-refractivity contribution is 5.83. The van der Waals surface area contributed by atoms with Crippen molar-refractivity contribution in [3.05, 3.63) is 0 Å². The van der Waals surface area contributed by atoms with E-state index in [-0.39, 0.29) is 37.2 Å². The zero-order valence-electron chi connectivity index (χ0n) is 32.6. The zero-order valence-corrected chi connectivity index (χ0v) is 32.6. The first kappa shape index (κ1) is 43.1. The molecule has 292 valence electrons. The van der Waals surface area contributed by atoms with Crippen molar-refractivity contribution < 1.29 is 58.4 Å². The number of carbonyl (C=O) groups is 2. The molecule has 0 spiro atoms. The van der Waals surface area contributed by atoms with E-state index < -0.39 is 95.6 Å². The largest absolute Gasteiger partial charge is 0.459 e. The molecule has 50 heavy (non-hydrogen) atoms. The van der Waals surface area contributed by atoms with Gasteiger partial charge < -0.3 is 53.7 Å². The van der Waals surface area contributed by atoms with Crippen LogP contribution in [0.25, 0.3) is 0 Å². The molecule has 0 aliphatic carbocycles. The molecule has 0 aromatic carbocycles. The minimum Gasteiger partial charge on any atom is -0.459 e. The summed E-state index contributed by atoms with van der Waals surface area (Å²) in [6, 6.07) is -0.293. The van der Waals surface area contributed by atoms with Crippen molar-refractivity contribution in [1.82, 2.24) is 4.90 Å². The first-order chi connectivity index (χ1) is 23.0. The average molecular weight is 718 g/mol. The van der Waals surface area contributed by atoms with Crippen LogP contribution in [0, 0.1) is 23.7 Å². The first-order valence-corrected chi connectivity index (χ1v) is 18.4. The second-order valence-corrected chi connectivity index (χ2v) is 16.5. The Morgan fingerprint density at radius 1 is 0.880 bits per heavy atom. The maximum Gasteiger partial charge on any atom is 0.311 e. The van der Waals surface area contributed by atoms with Gasteiger partial charge in [0.2, 0.25) is 0 Å². The summed E-state index contributed by atoms with van der Waals surface area (Å²) in [5, 5.41) is 46.2. The molecule has 3 saturated heterocycles. The summed E-state index contributed by atoms with van der Waals surface area (Å²) in [6.45, 7) is 17.2. The van der Waals surface area contributed by atoms with Crippen molar-refractivity contribution in [2.24, 2.45) is 23.7 Å². The van der Waals surface area contributed by atoms with E-state index in [1.807, 2.05) is 25.9 Å². The van der Waals surface area contributed by atoms with Crippen molar-refractivity contribution in [2.75, 3.05) is 21.2 Å². The highest BCUT2D eigenvalue weighted by Crippen LogP contribution is 2.40. The quantitative estimate of drug-likeness (QED) is 0.284. The molecule has 0 radical (unpaired) electrons. The minimum atomic E-state index is -1.70. The monoisotopic (exact) mass is 717 g/mol. The molecule has 13 heteroatoms. The lowest BCUT2D eigenvalue weighted by Crippen LogP contribution is -2.60. The lowest BCUT2D eigenvalue weighted by molar-refractivity contribution is -0.318. The molecule has 3 aliphatic heterocycles. The summed E-state index contributed by atoms with van der Waals surface area (Å²) in [6.07, 6.45) is -7.08. The molecule has 3 heterocycles. The SMILES string of the molecule is CC[C@H]1OC(=O)[C@H](C)[C@@H](OC2CC(C)(OC)C(O)C(C)O2)[C@H](C)[C@@H](OC2OC(C)CC(N(C)C)C2O)[C@](C)(O)C[C@@H](C)C(=O)[C@H](C)C[C@]1(C)O. The standard InChI is InChI=1S/C37H67NO12/c1-14-26-35(8,43)16-19(2)28(39)20(3)17-36(9,44)32(50-34-29(40)25(38(11)12)15-21(4)46-34)22(5)30(23(6)33(42)48-26)49-27-18-37(10,45-13)31(41)24(7)47-27/h19-27,29-32,34,40-41,43-44H,14-18H2,1-13H3/t19-,20-,21?,22+,23-,24?,25?,26-,27?,29?,30+,31?,32-,34?,35+,36-,37?/m1/s1. The van der Waals surface area contributed by atoms with E-state index in [4.69, 9.17) is 28.4 Å². The van der Waals surface area contributed by atoms with Gasteiger partial charge in [-0.1, -0.05) is 27.7 Å². The van der Waals surface area contributed by atoms with E-state index in [9.17, 15) is 30.0 Å². The fourth-order valence-corrected chi connectivity index (χ4v) is 8.48. The van der Waals surface area contributed by atoms with Gasteiger partial charge in [-0.15, -0.1) is 0 Å². The van der Waals surface area contributed by atoms with Gasteiger partial charge in [0.15, 0.2) is 12.6 Å². The van der Waals surface area contributed by atoms with Crippen LogP contribution in [-0.4, -0.2) is 136 Å². The molecule has 3 fully saturated rings. The third-order valence-corrected chi connectivity index (χ3v) is 11.5. The predicted octanol–water partition coefficient (Wildman–Crippen LogP) is 2.81. The Hall–Kier alpha value is -1.26. The minimum absolute atomic E-state index is 0.0174. The summed E-state index contributed by atoms with van der Waals surface area (Å²) < 4.78 is 37.3. The van der Waals surface area contributed by atoms with Crippen LogP contribution in [-0.2, 0) is 38.0 Å². The summed E-state index contributed by atoms with van der Waals surface area (Å²) in [4.78, 5) is 29.7. The van der Waals surface area contributed by atoms with Gasteiger partial charge in [0, 0.05) is 37.3 Å². The summed E-state index contributed by atoms with van der Waals surface area (Å²) in [5.74, 6) is -3.81. The fourth-order valence-electron chi connectivity index (χ4n) is 8.48. The molecular weight excluding hydrogens is 650 g/mol. The van der Waals surface area contributed by atoms with Crippen LogP contribution in [0.2, 0.25) is 0 Å². The van der Waals surface area contributed by atoms with Crippen LogP contribution in [0.3, 0.4) is 0 Å². The number of ether oxygens (including phenoxy) is 6. The molecule has 0 bridgehead atoms. The lowest BCUT2D eigenvalue weighted by atomic mass is 9.74. The number of aliphatic hydroxyl groups is 4. The van der Waals surface area contributed by atoms with E-state index in [0.717, 1.165) is 0 Å². The number of Topliss-reactive ketones (excluding diaryl/α,β-unsaturated/α-hetero) is 1. The van der Waals surface area contributed by atoms with Gasteiger partial charge in [0.05, 0.1) is 47.1 Å². The Balaban J connectivity index is 2.16. The topological polar surface area (TPSA) is 174 Å². The Morgan fingerprint density at radius 3 is 2.00 bits per heavy atom. The van der Waals surface area contributed by atoms with E-state index >= 15 is 0 Å². The first-order valence-electron chi connectivity index (χ1n) is 18.4. The molecule has 4 N–H and O–H groups in total. The summed E-state index contributed by atoms with van der Waals surface area (Å²) >= 11 is 0. The highest BCUT2D eigenvalue weighted by Gasteiger charge is 2.52. The second kappa shape index (κ2) is 16.8. The lowest BCUT2D eigenvalue weighted by Gasteiger charge is -2.49. The number of esters is 1. The summed E-state index contributed by atoms with van der Waals surface area (Å²) in [7, 11) is 5.23. The number of hydrogen-bond donors (Lipinski definition) is 4. The third kappa shape index (κ3) is 9.64. The van der Waals surface area contributed by atoms with Gasteiger partial charge in [-0.3, -0.25) is 9.59 Å². The Morgan fingerprint density at radius 2 is 1.46 bits per heavy atom. The molecule has 8 unspecified atom stereocenters. The molecule has 0 aromatic rings. The van der Waals surface area contributed by atoms with Crippen LogP contribution in [0.15, 0.2) is 0 Å². The molecule has 13 nitrogen and oxygen atoms in total. The van der Waals surface area contributed by atoms with E-state index in [0.29, 0.717) is 12.8 Å². The predicted molar refractivity (Wildman–Crippen MR) is 185 cm³/mol. The molecule has 3 rings (SSSR count). The van der Waals surface area contributed by atoms with Gasteiger partial charge in [-0.25, -0.2) is 0 Å². The molecule has 0 aromatic heterocycles. The number of likely N-dealkylation sites (N-methyl/N-ethyl adjacent to an activating group) is 1. The molecular formula is C37H67NO12.